The van der Waals surface area contributed by atoms with Crippen LogP contribution in [0.15, 0.2) is 48.5 Å². The number of nitrogens with zero attached hydrogens (tertiary/aromatic N) is 2. The second-order valence-corrected chi connectivity index (χ2v) is 6.26. The number of aryl methyl sites for hydroxylation is 1. The van der Waals surface area contributed by atoms with Gasteiger partial charge in [-0.2, -0.15) is 4.98 Å². The number of nitrogens with one attached hydrogen (secondary N) is 2. The molecule has 3 aromatic rings. The number of rotatable bonds is 5. The molecule has 0 aliphatic rings. The number of halogens is 3. The summed E-state index contributed by atoms with van der Waals surface area (Å²) in [5.74, 6) is 0.696. The van der Waals surface area contributed by atoms with Crippen molar-refractivity contribution < 1.29 is 4.39 Å². The normalized spacial score (nSPS) is 10.6. The predicted molar refractivity (Wildman–Crippen MR) is 100 cm³/mol. The highest BCUT2D eigenvalue weighted by Crippen LogP contribution is 2.27. The molecule has 0 radical (unpaired) electrons. The van der Waals surface area contributed by atoms with E-state index in [9.17, 15) is 4.39 Å². The molecule has 4 nitrogen and oxygen atoms in total. The summed E-state index contributed by atoms with van der Waals surface area (Å²) < 4.78 is 13.7. The van der Waals surface area contributed by atoms with Crippen LogP contribution in [0.2, 0.25) is 10.0 Å². The number of hydrogen-bond acceptors (Lipinski definition) is 4. The van der Waals surface area contributed by atoms with Gasteiger partial charge in [0, 0.05) is 28.9 Å². The molecule has 0 fully saturated rings. The van der Waals surface area contributed by atoms with E-state index in [0.717, 1.165) is 5.69 Å². The minimum absolute atomic E-state index is 0.259. The van der Waals surface area contributed by atoms with Crippen LogP contribution >= 0.6 is 23.2 Å². The van der Waals surface area contributed by atoms with Crippen LogP contribution in [0.25, 0.3) is 0 Å². The lowest BCUT2D eigenvalue weighted by atomic mass is 10.2. The Balaban J connectivity index is 1.78. The van der Waals surface area contributed by atoms with Crippen molar-refractivity contribution in [2.75, 3.05) is 10.6 Å². The van der Waals surface area contributed by atoms with Gasteiger partial charge < -0.3 is 10.6 Å². The Labute approximate surface area is 155 Å². The quantitative estimate of drug-likeness (QED) is 0.609. The topological polar surface area (TPSA) is 49.8 Å². The van der Waals surface area contributed by atoms with E-state index in [1.165, 1.54) is 6.07 Å². The molecule has 0 bridgehead atoms. The Kier molecular flexibility index (Phi) is 5.36. The summed E-state index contributed by atoms with van der Waals surface area (Å²) in [6.07, 6.45) is 0. The highest BCUT2D eigenvalue weighted by molar-refractivity contribution is 6.35. The minimum atomic E-state index is -0.259. The Hall–Kier alpha value is -2.37. The number of hydrogen-bond donors (Lipinski definition) is 2. The fourth-order valence-electron chi connectivity index (χ4n) is 2.26. The van der Waals surface area contributed by atoms with Crippen molar-refractivity contribution in [3.05, 3.63) is 75.7 Å². The third-order valence-corrected chi connectivity index (χ3v) is 4.01. The number of aromatic nitrogens is 2. The molecule has 0 unspecified atom stereocenters. The van der Waals surface area contributed by atoms with Crippen LogP contribution in [-0.4, -0.2) is 9.97 Å². The molecule has 2 aromatic carbocycles. The average Bonchev–Trinajstić information content (AvgIpc) is 2.57. The minimum Gasteiger partial charge on any atom is -0.366 e. The molecule has 0 amide bonds. The lowest BCUT2D eigenvalue weighted by Gasteiger charge is -2.11. The zero-order valence-corrected chi connectivity index (χ0v) is 14.9. The van der Waals surface area contributed by atoms with Crippen molar-refractivity contribution >= 4 is 40.7 Å². The van der Waals surface area contributed by atoms with Crippen molar-refractivity contribution in [1.82, 2.24) is 9.97 Å². The third kappa shape index (κ3) is 4.59. The summed E-state index contributed by atoms with van der Waals surface area (Å²) in [5.41, 5.74) is 1.93. The van der Waals surface area contributed by atoms with Crippen LogP contribution in [-0.2, 0) is 6.54 Å². The van der Waals surface area contributed by atoms with Gasteiger partial charge in [0.15, 0.2) is 0 Å². The molecular formula is C18H15Cl2FN4. The standard InChI is InChI=1S/C18H15Cl2FN4/c1-11-8-17(22-10-12-4-2-3-5-15(12)21)25-18(23-11)24-16-9-13(19)6-7-14(16)20/h2-9H,10H2,1H3,(H2,22,23,24,25). The largest absolute Gasteiger partial charge is 0.366 e. The average molecular weight is 377 g/mol. The maximum Gasteiger partial charge on any atom is 0.229 e. The molecule has 0 aliphatic heterocycles. The van der Waals surface area contributed by atoms with E-state index in [4.69, 9.17) is 23.2 Å². The zero-order valence-electron chi connectivity index (χ0n) is 13.4. The van der Waals surface area contributed by atoms with E-state index in [2.05, 4.69) is 20.6 Å². The van der Waals surface area contributed by atoms with Crippen molar-refractivity contribution in [3.8, 4) is 0 Å². The highest BCUT2D eigenvalue weighted by Gasteiger charge is 2.07. The Morgan fingerprint density at radius 1 is 1.04 bits per heavy atom. The SMILES string of the molecule is Cc1cc(NCc2ccccc2F)nc(Nc2cc(Cl)ccc2Cl)n1. The Morgan fingerprint density at radius 2 is 1.84 bits per heavy atom. The summed E-state index contributed by atoms with van der Waals surface area (Å²) >= 11 is 12.1. The fourth-order valence-corrected chi connectivity index (χ4v) is 2.59. The Bertz CT molecular complexity index is 902. The van der Waals surface area contributed by atoms with Crippen LogP contribution in [0, 0.1) is 12.7 Å². The predicted octanol–water partition coefficient (Wildman–Crippen LogP) is 5.59. The zero-order chi connectivity index (χ0) is 17.8. The molecule has 2 N–H and O–H groups in total. The van der Waals surface area contributed by atoms with E-state index in [1.54, 1.807) is 42.5 Å². The molecule has 0 spiro atoms. The summed E-state index contributed by atoms with van der Waals surface area (Å²) in [7, 11) is 0. The third-order valence-electron chi connectivity index (χ3n) is 3.45. The molecule has 3 rings (SSSR count). The van der Waals surface area contributed by atoms with E-state index >= 15 is 0 Å². The first kappa shape index (κ1) is 17.5. The molecule has 128 valence electrons. The first-order valence-electron chi connectivity index (χ1n) is 7.56. The summed E-state index contributed by atoms with van der Waals surface area (Å²) in [5, 5.41) is 7.22. The molecule has 1 aromatic heterocycles. The van der Waals surface area contributed by atoms with Crippen LogP contribution in [0.5, 0.6) is 0 Å². The van der Waals surface area contributed by atoms with E-state index in [0.29, 0.717) is 39.6 Å². The first-order valence-corrected chi connectivity index (χ1v) is 8.32. The molecule has 0 saturated carbocycles. The van der Waals surface area contributed by atoms with Crippen molar-refractivity contribution in [3.63, 3.8) is 0 Å². The van der Waals surface area contributed by atoms with Gasteiger partial charge in [0.25, 0.3) is 0 Å². The Morgan fingerprint density at radius 3 is 2.64 bits per heavy atom. The maximum atomic E-state index is 13.7. The molecule has 0 saturated heterocycles. The van der Waals surface area contributed by atoms with Crippen molar-refractivity contribution in [2.45, 2.75) is 13.5 Å². The first-order chi connectivity index (χ1) is 12.0. The lowest BCUT2D eigenvalue weighted by Crippen LogP contribution is -2.06. The molecule has 25 heavy (non-hydrogen) atoms. The smallest absolute Gasteiger partial charge is 0.229 e. The van der Waals surface area contributed by atoms with Crippen molar-refractivity contribution in [1.29, 1.82) is 0 Å². The van der Waals surface area contributed by atoms with Crippen LogP contribution < -0.4 is 10.6 Å². The summed E-state index contributed by atoms with van der Waals surface area (Å²) in [6, 6.07) is 13.5. The van der Waals surface area contributed by atoms with E-state index in [1.807, 2.05) is 6.92 Å². The van der Waals surface area contributed by atoms with Crippen LogP contribution in [0.3, 0.4) is 0 Å². The van der Waals surface area contributed by atoms with Gasteiger partial charge in [-0.15, -0.1) is 0 Å². The molecular weight excluding hydrogens is 362 g/mol. The van der Waals surface area contributed by atoms with Gasteiger partial charge in [0.2, 0.25) is 5.95 Å². The second kappa shape index (κ2) is 7.68. The fraction of sp³-hybridized carbons (Fsp3) is 0.111. The summed E-state index contributed by atoms with van der Waals surface area (Å²) in [6.45, 7) is 2.17. The van der Waals surface area contributed by atoms with Gasteiger partial charge in [0.05, 0.1) is 10.7 Å². The van der Waals surface area contributed by atoms with E-state index in [-0.39, 0.29) is 5.82 Å². The highest BCUT2D eigenvalue weighted by atomic mass is 35.5. The molecule has 7 heteroatoms. The van der Waals surface area contributed by atoms with Gasteiger partial charge in [-0.3, -0.25) is 0 Å². The van der Waals surface area contributed by atoms with Crippen molar-refractivity contribution in [2.24, 2.45) is 0 Å². The number of anilines is 3. The van der Waals surface area contributed by atoms with Gasteiger partial charge >= 0.3 is 0 Å². The molecule has 0 atom stereocenters. The van der Waals surface area contributed by atoms with E-state index < -0.39 is 0 Å². The lowest BCUT2D eigenvalue weighted by molar-refractivity contribution is 0.613. The monoisotopic (exact) mass is 376 g/mol. The molecule has 1 heterocycles. The van der Waals surface area contributed by atoms with Gasteiger partial charge in [-0.05, 0) is 31.2 Å². The van der Waals surface area contributed by atoms with Gasteiger partial charge in [-0.25, -0.2) is 9.37 Å². The second-order valence-electron chi connectivity index (χ2n) is 5.41. The maximum absolute atomic E-state index is 13.7. The molecule has 0 aliphatic carbocycles. The number of benzene rings is 2. The summed E-state index contributed by atoms with van der Waals surface area (Å²) in [4.78, 5) is 8.72. The van der Waals surface area contributed by atoms with Gasteiger partial charge in [0.1, 0.15) is 11.6 Å². The van der Waals surface area contributed by atoms with Gasteiger partial charge in [-0.1, -0.05) is 41.4 Å². The van der Waals surface area contributed by atoms with Crippen LogP contribution in [0.1, 0.15) is 11.3 Å². The van der Waals surface area contributed by atoms with Crippen LogP contribution in [0.4, 0.5) is 21.8 Å².